The Hall–Kier alpha value is -0.330. The van der Waals surface area contributed by atoms with Gasteiger partial charge >= 0.3 is 5.97 Å². The monoisotopic (exact) mass is 241 g/mol. The van der Waals surface area contributed by atoms with Crippen LogP contribution >= 0.6 is 36.4 Å². The maximum Gasteiger partial charge on any atom is 0.305 e. The highest BCUT2D eigenvalue weighted by Crippen LogP contribution is 2.18. The summed E-state index contributed by atoms with van der Waals surface area (Å²) in [4.78, 5) is 22.5. The predicted octanol–water partition coefficient (Wildman–Crippen LogP) is 0.743. The third-order valence-electron chi connectivity index (χ3n) is 1.39. The Balaban J connectivity index is 0.00000144. The van der Waals surface area contributed by atoms with Crippen LogP contribution in [0.3, 0.4) is 0 Å². The Morgan fingerprint density at radius 3 is 2.69 bits per heavy atom. The molecule has 0 atom stereocenters. The van der Waals surface area contributed by atoms with E-state index >= 15 is 0 Å². The lowest BCUT2D eigenvalue weighted by atomic mass is 10.4. The number of thiocarbonyl (C=S) groups is 1. The average Bonchev–Trinajstić information content (AvgIpc) is 2.28. The van der Waals surface area contributed by atoms with E-state index in [2.05, 4.69) is 0 Å². The molecule has 4 nitrogen and oxygen atoms in total. The summed E-state index contributed by atoms with van der Waals surface area (Å²) in [6, 6.07) is 0. The summed E-state index contributed by atoms with van der Waals surface area (Å²) in [5, 5.41) is 8.36. The summed E-state index contributed by atoms with van der Waals surface area (Å²) in [7, 11) is 0. The molecule has 0 unspecified atom stereocenters. The summed E-state index contributed by atoms with van der Waals surface area (Å²) in [5.74, 6) is -0.660. The molecule has 7 heteroatoms. The fourth-order valence-corrected chi connectivity index (χ4v) is 1.93. The number of carboxylic acid groups (broad SMARTS) is 1. The van der Waals surface area contributed by atoms with Gasteiger partial charge in [0.05, 0.1) is 12.2 Å². The fourth-order valence-electron chi connectivity index (χ4n) is 0.805. The highest BCUT2D eigenvalue weighted by molar-refractivity contribution is 8.23. The number of halogens is 1. The van der Waals surface area contributed by atoms with Crippen molar-refractivity contribution in [2.75, 3.05) is 12.3 Å². The van der Waals surface area contributed by atoms with Crippen LogP contribution < -0.4 is 0 Å². The van der Waals surface area contributed by atoms with Crippen molar-refractivity contribution in [2.45, 2.75) is 6.42 Å². The first-order valence-electron chi connectivity index (χ1n) is 3.30. The standard InChI is InChI=1S/C6H7NO3S2.ClH/c8-4-3-12-6(11)7(4)2-1-5(9)10;/h1-3H2,(H,9,10);1H. The molecule has 0 aliphatic carbocycles. The number of hydrogen-bond acceptors (Lipinski definition) is 4. The van der Waals surface area contributed by atoms with Gasteiger partial charge in [0.1, 0.15) is 4.32 Å². The van der Waals surface area contributed by atoms with E-state index < -0.39 is 5.97 Å². The minimum Gasteiger partial charge on any atom is -0.481 e. The number of carboxylic acids is 1. The lowest BCUT2D eigenvalue weighted by Crippen LogP contribution is -2.30. The van der Waals surface area contributed by atoms with Gasteiger partial charge in [0, 0.05) is 6.54 Å². The molecule has 0 aromatic heterocycles. The third-order valence-corrected chi connectivity index (χ3v) is 2.82. The molecule has 0 bridgehead atoms. The van der Waals surface area contributed by atoms with Gasteiger partial charge in [-0.3, -0.25) is 14.5 Å². The highest BCUT2D eigenvalue weighted by atomic mass is 35.5. The summed E-state index contributed by atoms with van der Waals surface area (Å²) in [6.07, 6.45) is -0.0492. The van der Waals surface area contributed by atoms with Crippen LogP contribution in [-0.4, -0.2) is 38.5 Å². The number of hydrogen-bond donors (Lipinski definition) is 1. The van der Waals surface area contributed by atoms with Crippen molar-refractivity contribution in [3.05, 3.63) is 0 Å². The van der Waals surface area contributed by atoms with Crippen LogP contribution in [0.4, 0.5) is 0 Å². The van der Waals surface area contributed by atoms with Gasteiger partial charge < -0.3 is 5.11 Å². The second kappa shape index (κ2) is 5.41. The van der Waals surface area contributed by atoms with Gasteiger partial charge in [0.15, 0.2) is 0 Å². The van der Waals surface area contributed by atoms with Crippen molar-refractivity contribution in [2.24, 2.45) is 0 Å². The predicted molar refractivity (Wildman–Crippen MR) is 56.3 cm³/mol. The molecule has 1 saturated heterocycles. The van der Waals surface area contributed by atoms with Crippen LogP contribution in [0.25, 0.3) is 0 Å². The molecule has 1 aliphatic rings. The Morgan fingerprint density at radius 2 is 2.31 bits per heavy atom. The van der Waals surface area contributed by atoms with Crippen LogP contribution in [0.5, 0.6) is 0 Å². The van der Waals surface area contributed by atoms with Gasteiger partial charge in [-0.15, -0.1) is 12.4 Å². The molecular weight excluding hydrogens is 234 g/mol. The molecule has 1 heterocycles. The molecule has 1 rings (SSSR count). The quantitative estimate of drug-likeness (QED) is 0.739. The largest absolute Gasteiger partial charge is 0.481 e. The first-order chi connectivity index (χ1) is 5.61. The normalized spacial score (nSPS) is 15.8. The lowest BCUT2D eigenvalue weighted by molar-refractivity contribution is -0.137. The van der Waals surface area contributed by atoms with Crippen molar-refractivity contribution in [1.82, 2.24) is 4.90 Å². The van der Waals surface area contributed by atoms with E-state index in [1.165, 1.54) is 16.7 Å². The summed E-state index contributed by atoms with van der Waals surface area (Å²) in [6.45, 7) is 0.194. The van der Waals surface area contributed by atoms with Crippen molar-refractivity contribution in [3.8, 4) is 0 Å². The fraction of sp³-hybridized carbons (Fsp3) is 0.500. The van der Waals surface area contributed by atoms with Gasteiger partial charge in [0.25, 0.3) is 0 Å². The van der Waals surface area contributed by atoms with Crippen LogP contribution in [-0.2, 0) is 9.59 Å². The van der Waals surface area contributed by atoms with Gasteiger partial charge in [-0.2, -0.15) is 0 Å². The zero-order valence-electron chi connectivity index (χ0n) is 6.56. The highest BCUT2D eigenvalue weighted by Gasteiger charge is 2.26. The number of aliphatic carboxylic acids is 1. The van der Waals surface area contributed by atoms with Crippen molar-refractivity contribution in [1.29, 1.82) is 0 Å². The zero-order chi connectivity index (χ0) is 9.14. The molecule has 1 amide bonds. The number of carbonyl (C=O) groups is 2. The van der Waals surface area contributed by atoms with Crippen molar-refractivity contribution in [3.63, 3.8) is 0 Å². The molecule has 1 aliphatic heterocycles. The summed E-state index contributed by atoms with van der Waals surface area (Å²) >= 11 is 6.12. The van der Waals surface area contributed by atoms with Crippen LogP contribution in [0.2, 0.25) is 0 Å². The maximum atomic E-state index is 11.0. The smallest absolute Gasteiger partial charge is 0.305 e. The van der Waals surface area contributed by atoms with Crippen LogP contribution in [0, 0.1) is 0 Å². The minimum absolute atomic E-state index is 0. The lowest BCUT2D eigenvalue weighted by Gasteiger charge is -2.12. The Kier molecular flexibility index (Phi) is 5.27. The van der Waals surface area contributed by atoms with Crippen molar-refractivity contribution >= 4 is 52.6 Å². The third kappa shape index (κ3) is 3.50. The summed E-state index contributed by atoms with van der Waals surface area (Å²) in [5.41, 5.74) is 0. The van der Waals surface area contributed by atoms with E-state index in [0.717, 1.165) is 0 Å². The Labute approximate surface area is 91.1 Å². The van der Waals surface area contributed by atoms with E-state index in [9.17, 15) is 9.59 Å². The number of nitrogens with zero attached hydrogens (tertiary/aromatic N) is 1. The van der Waals surface area contributed by atoms with E-state index in [0.29, 0.717) is 10.1 Å². The second-order valence-corrected chi connectivity index (χ2v) is 3.85. The zero-order valence-corrected chi connectivity index (χ0v) is 9.01. The van der Waals surface area contributed by atoms with Gasteiger partial charge in [-0.25, -0.2) is 0 Å². The molecule has 1 fully saturated rings. The molecule has 0 spiro atoms. The van der Waals surface area contributed by atoms with Crippen LogP contribution in [0.1, 0.15) is 6.42 Å². The van der Waals surface area contributed by atoms with Gasteiger partial charge in [0.2, 0.25) is 5.91 Å². The molecule has 0 saturated carbocycles. The Bertz CT molecular complexity index is 230. The number of rotatable bonds is 3. The van der Waals surface area contributed by atoms with E-state index in [1.807, 2.05) is 0 Å². The topological polar surface area (TPSA) is 57.6 Å². The molecule has 1 N–H and O–H groups in total. The second-order valence-electron chi connectivity index (χ2n) is 2.24. The minimum atomic E-state index is -0.914. The Morgan fingerprint density at radius 1 is 1.69 bits per heavy atom. The molecule has 0 aromatic carbocycles. The van der Waals surface area contributed by atoms with Gasteiger partial charge in [-0.05, 0) is 0 Å². The molecule has 0 radical (unpaired) electrons. The number of amides is 1. The van der Waals surface area contributed by atoms with Crippen molar-refractivity contribution < 1.29 is 14.7 Å². The SMILES string of the molecule is Cl.O=C(O)CCN1C(=O)CSC1=S. The molecular formula is C6H8ClNO3S2. The van der Waals surface area contributed by atoms with E-state index in [-0.39, 0.29) is 31.3 Å². The molecule has 0 aromatic rings. The van der Waals surface area contributed by atoms with E-state index in [1.54, 1.807) is 0 Å². The molecule has 13 heavy (non-hydrogen) atoms. The first-order valence-corrected chi connectivity index (χ1v) is 4.69. The number of thioether (sulfide) groups is 1. The van der Waals surface area contributed by atoms with Crippen LogP contribution in [0.15, 0.2) is 0 Å². The first kappa shape index (κ1) is 12.7. The average molecular weight is 242 g/mol. The molecule has 74 valence electrons. The number of carbonyl (C=O) groups excluding carboxylic acids is 1. The van der Waals surface area contributed by atoms with Gasteiger partial charge in [-0.1, -0.05) is 24.0 Å². The summed E-state index contributed by atoms with van der Waals surface area (Å²) < 4.78 is 0.487. The maximum absolute atomic E-state index is 11.0. The van der Waals surface area contributed by atoms with E-state index in [4.69, 9.17) is 17.3 Å².